The Morgan fingerprint density at radius 3 is 2.52 bits per heavy atom. The quantitative estimate of drug-likeness (QED) is 0.566. The number of fused-ring (bicyclic) bond motifs is 1. The van der Waals surface area contributed by atoms with Crippen molar-refractivity contribution in [2.24, 2.45) is 0 Å². The van der Waals surface area contributed by atoms with Gasteiger partial charge in [0.15, 0.2) is 17.0 Å². The maximum atomic E-state index is 6.19. The second kappa shape index (κ2) is 6.71. The lowest BCUT2D eigenvalue weighted by atomic mass is 10.2. The van der Waals surface area contributed by atoms with E-state index in [1.807, 2.05) is 66.4 Å². The molecule has 0 saturated carbocycles. The van der Waals surface area contributed by atoms with Gasteiger partial charge in [-0.1, -0.05) is 30.3 Å². The highest BCUT2D eigenvalue weighted by atomic mass is 15.4. The number of hydrogen-bond acceptors (Lipinski definition) is 6. The second-order valence-corrected chi connectivity index (χ2v) is 6.44. The monoisotopic (exact) mass is 362 g/mol. The van der Waals surface area contributed by atoms with Crippen molar-refractivity contribution in [2.75, 3.05) is 11.1 Å². The zero-order chi connectivity index (χ0) is 19.0. The van der Waals surface area contributed by atoms with Gasteiger partial charge in [-0.05, 0) is 32.4 Å². The third kappa shape index (κ3) is 3.10. The third-order valence-corrected chi connectivity index (χ3v) is 4.41. The van der Waals surface area contributed by atoms with Gasteiger partial charge in [-0.3, -0.25) is 4.57 Å². The molecule has 0 saturated heterocycles. The van der Waals surface area contributed by atoms with Crippen molar-refractivity contribution >= 4 is 22.9 Å². The fourth-order valence-electron chi connectivity index (χ4n) is 3.15. The van der Waals surface area contributed by atoms with E-state index in [2.05, 4.69) is 25.4 Å². The summed E-state index contributed by atoms with van der Waals surface area (Å²) in [5, 5.41) is 7.79. The van der Waals surface area contributed by atoms with Gasteiger partial charge in [0.25, 0.3) is 0 Å². The molecule has 8 heteroatoms. The van der Waals surface area contributed by atoms with Crippen molar-refractivity contribution in [2.45, 2.75) is 33.9 Å². The predicted molar refractivity (Wildman–Crippen MR) is 106 cm³/mol. The van der Waals surface area contributed by atoms with Crippen molar-refractivity contribution in [3.63, 3.8) is 0 Å². The van der Waals surface area contributed by atoms with E-state index in [0.29, 0.717) is 42.0 Å². The fourth-order valence-corrected chi connectivity index (χ4v) is 3.15. The van der Waals surface area contributed by atoms with Gasteiger partial charge in [-0.15, -0.1) is 0 Å². The van der Waals surface area contributed by atoms with Gasteiger partial charge in [-0.25, -0.2) is 9.67 Å². The van der Waals surface area contributed by atoms with Crippen LogP contribution in [0.4, 0.5) is 11.8 Å². The minimum absolute atomic E-state index is 0.352. The minimum Gasteiger partial charge on any atom is -0.382 e. The highest BCUT2D eigenvalue weighted by Gasteiger charge is 2.18. The van der Waals surface area contributed by atoms with Crippen LogP contribution in [0.25, 0.3) is 17.1 Å². The largest absolute Gasteiger partial charge is 0.382 e. The third-order valence-electron chi connectivity index (χ3n) is 4.41. The van der Waals surface area contributed by atoms with E-state index in [0.717, 1.165) is 17.0 Å². The lowest BCUT2D eigenvalue weighted by Crippen LogP contribution is -2.10. The van der Waals surface area contributed by atoms with Gasteiger partial charge in [0, 0.05) is 18.8 Å². The van der Waals surface area contributed by atoms with Crippen LogP contribution in [0.15, 0.2) is 36.4 Å². The van der Waals surface area contributed by atoms with Crippen molar-refractivity contribution in [3.05, 3.63) is 53.3 Å². The summed E-state index contributed by atoms with van der Waals surface area (Å²) in [7, 11) is 0. The van der Waals surface area contributed by atoms with Crippen molar-refractivity contribution < 1.29 is 0 Å². The molecule has 0 fully saturated rings. The molecule has 0 aliphatic heterocycles. The number of nitrogens with two attached hydrogens (primary N) is 1. The molecule has 4 rings (SSSR count). The van der Waals surface area contributed by atoms with Crippen LogP contribution in [0.2, 0.25) is 0 Å². The molecule has 27 heavy (non-hydrogen) atoms. The average Bonchev–Trinajstić information content (AvgIpc) is 3.20. The Balaban J connectivity index is 1.76. The molecule has 0 amide bonds. The lowest BCUT2D eigenvalue weighted by molar-refractivity contribution is 0.683. The lowest BCUT2D eigenvalue weighted by Gasteiger charge is -2.08. The first-order valence-electron chi connectivity index (χ1n) is 8.92. The van der Waals surface area contributed by atoms with E-state index in [4.69, 9.17) is 5.73 Å². The summed E-state index contributed by atoms with van der Waals surface area (Å²) in [6, 6.07) is 12.1. The number of nitrogens with one attached hydrogen (secondary N) is 1. The first-order valence-corrected chi connectivity index (χ1v) is 8.92. The van der Waals surface area contributed by atoms with Crippen LogP contribution in [0, 0.1) is 13.8 Å². The minimum atomic E-state index is 0.352. The van der Waals surface area contributed by atoms with E-state index in [1.165, 1.54) is 0 Å². The van der Waals surface area contributed by atoms with Gasteiger partial charge in [-0.2, -0.15) is 15.1 Å². The number of nitrogens with zero attached hydrogens (tertiary/aromatic N) is 6. The summed E-state index contributed by atoms with van der Waals surface area (Å²) in [5.41, 5.74) is 10.6. The Morgan fingerprint density at radius 2 is 1.85 bits per heavy atom. The Kier molecular flexibility index (Phi) is 4.23. The van der Waals surface area contributed by atoms with E-state index < -0.39 is 0 Å². The van der Waals surface area contributed by atoms with E-state index in [-0.39, 0.29) is 0 Å². The van der Waals surface area contributed by atoms with Gasteiger partial charge >= 0.3 is 0 Å². The van der Waals surface area contributed by atoms with Crippen LogP contribution < -0.4 is 11.1 Å². The molecular formula is C19H22N8. The van der Waals surface area contributed by atoms with Gasteiger partial charge in [0.05, 0.1) is 5.69 Å². The molecule has 4 aromatic rings. The number of nitrogen functional groups attached to an aromatic ring is 1. The highest BCUT2D eigenvalue weighted by molar-refractivity contribution is 5.84. The average molecular weight is 362 g/mol. The van der Waals surface area contributed by atoms with E-state index in [1.54, 1.807) is 0 Å². The molecule has 0 unspecified atom stereocenters. The normalized spacial score (nSPS) is 11.2. The molecule has 0 bridgehead atoms. The Bertz CT molecular complexity index is 1090. The fraction of sp³-hybridized carbons (Fsp3) is 0.263. The number of aryl methyl sites for hydroxylation is 3. The number of aromatic nitrogens is 6. The van der Waals surface area contributed by atoms with E-state index >= 15 is 0 Å². The van der Waals surface area contributed by atoms with Crippen LogP contribution in [0.3, 0.4) is 0 Å². The first kappa shape index (κ1) is 17.0. The standard InChI is InChI=1S/C19H22N8/c1-4-26-17-15(22-19(26)27-13(3)10-12(2)25-27)16(20)23-18(24-17)21-11-14-8-6-5-7-9-14/h5-10H,4,11H2,1-3H3,(H3,20,21,23,24). The smallest absolute Gasteiger partial charge is 0.233 e. The summed E-state index contributed by atoms with van der Waals surface area (Å²) in [6.07, 6.45) is 0. The second-order valence-electron chi connectivity index (χ2n) is 6.44. The van der Waals surface area contributed by atoms with E-state index in [9.17, 15) is 0 Å². The molecule has 8 nitrogen and oxygen atoms in total. The molecular weight excluding hydrogens is 340 g/mol. The highest BCUT2D eigenvalue weighted by Crippen LogP contribution is 2.23. The Morgan fingerprint density at radius 1 is 1.07 bits per heavy atom. The van der Waals surface area contributed by atoms with Gasteiger partial charge < -0.3 is 11.1 Å². The Hall–Kier alpha value is -3.42. The predicted octanol–water partition coefficient (Wildman–Crippen LogP) is 2.84. The molecule has 0 aliphatic rings. The van der Waals surface area contributed by atoms with Crippen LogP contribution in [-0.4, -0.2) is 29.3 Å². The Labute approximate surface area is 157 Å². The van der Waals surface area contributed by atoms with Crippen LogP contribution in [-0.2, 0) is 13.1 Å². The molecule has 3 heterocycles. The summed E-state index contributed by atoms with van der Waals surface area (Å²) in [4.78, 5) is 13.7. The molecule has 0 radical (unpaired) electrons. The molecule has 3 N–H and O–H groups in total. The molecule has 0 atom stereocenters. The van der Waals surface area contributed by atoms with Crippen molar-refractivity contribution in [1.29, 1.82) is 0 Å². The number of imidazole rings is 1. The molecule has 3 aromatic heterocycles. The number of rotatable bonds is 5. The number of benzene rings is 1. The van der Waals surface area contributed by atoms with Crippen LogP contribution in [0.5, 0.6) is 0 Å². The number of anilines is 2. The van der Waals surface area contributed by atoms with Gasteiger partial charge in [0.2, 0.25) is 11.9 Å². The van der Waals surface area contributed by atoms with Gasteiger partial charge in [0.1, 0.15) is 0 Å². The molecule has 138 valence electrons. The summed E-state index contributed by atoms with van der Waals surface area (Å²) < 4.78 is 3.82. The summed E-state index contributed by atoms with van der Waals surface area (Å²) in [6.45, 7) is 7.32. The summed E-state index contributed by atoms with van der Waals surface area (Å²) in [5.74, 6) is 1.53. The van der Waals surface area contributed by atoms with Crippen LogP contribution >= 0.6 is 0 Å². The number of hydrogen-bond donors (Lipinski definition) is 2. The molecule has 0 aliphatic carbocycles. The van der Waals surface area contributed by atoms with Crippen molar-refractivity contribution in [3.8, 4) is 5.95 Å². The SMILES string of the molecule is CCn1c(-n2nc(C)cc2C)nc2c(N)nc(NCc3ccccc3)nc21. The zero-order valence-electron chi connectivity index (χ0n) is 15.6. The first-order chi connectivity index (χ1) is 13.1. The summed E-state index contributed by atoms with van der Waals surface area (Å²) >= 11 is 0. The maximum Gasteiger partial charge on any atom is 0.233 e. The topological polar surface area (TPSA) is 99.5 Å². The zero-order valence-corrected chi connectivity index (χ0v) is 15.6. The molecule has 0 spiro atoms. The molecule has 1 aromatic carbocycles. The van der Waals surface area contributed by atoms with Crippen LogP contribution in [0.1, 0.15) is 23.9 Å². The maximum absolute atomic E-state index is 6.19. The van der Waals surface area contributed by atoms with Crippen molar-refractivity contribution in [1.82, 2.24) is 29.3 Å².